The Bertz CT molecular complexity index is 1840. The van der Waals surface area contributed by atoms with Gasteiger partial charge < -0.3 is 31.4 Å². The van der Waals surface area contributed by atoms with Gasteiger partial charge in [0.25, 0.3) is 0 Å². The van der Waals surface area contributed by atoms with Crippen LogP contribution in [0.2, 0.25) is 0 Å². The maximum atomic E-state index is 14.0. The number of unbranched alkanes of at least 4 members (excludes halogenated alkanes) is 1. The van der Waals surface area contributed by atoms with Crippen molar-refractivity contribution in [2.75, 3.05) is 18.5 Å². The van der Waals surface area contributed by atoms with Crippen LogP contribution in [0.1, 0.15) is 74.0 Å². The molecule has 0 bridgehead atoms. The number of pyridine rings is 1. The molecule has 2 aliphatic carbocycles. The number of nitrogens with two attached hydrogens (primary N) is 1. The predicted octanol–water partition coefficient (Wildman–Crippen LogP) is 5.88. The molecule has 6 rings (SSSR count). The number of alkyl carbamates (subject to hydrolysis) is 1. The largest absolute Gasteiger partial charge is 0.449 e. The summed E-state index contributed by atoms with van der Waals surface area (Å²) >= 11 is 0. The number of hydrogen-bond donors (Lipinski definition) is 5. The number of H-pyrrole nitrogens is 1. The van der Waals surface area contributed by atoms with E-state index < -0.39 is 24.1 Å². The number of aryl methyl sites for hydroxylation is 1. The summed E-state index contributed by atoms with van der Waals surface area (Å²) in [6.07, 6.45) is 5.64. The summed E-state index contributed by atoms with van der Waals surface area (Å²) < 4.78 is 5.83. The number of benzene rings is 3. The average molecular weight is 664 g/mol. The SMILES string of the molecule is Cc1cc(=O)[nH]c2cc(NC(=O)[C@H](CCCCN)NC(=O)[C@@H](NC(=O)OCC3c4ccccc4-c4ccccc43)C3CCCCC3)ccc12. The molecule has 1 aromatic heterocycles. The lowest BCUT2D eigenvalue weighted by molar-refractivity contribution is -0.129. The molecule has 4 aromatic rings. The monoisotopic (exact) mass is 663 g/mol. The molecule has 0 saturated heterocycles. The molecule has 1 fully saturated rings. The van der Waals surface area contributed by atoms with Crippen LogP contribution in [0.25, 0.3) is 22.0 Å². The van der Waals surface area contributed by atoms with E-state index in [2.05, 4.69) is 45.2 Å². The number of hydrogen-bond acceptors (Lipinski definition) is 6. The van der Waals surface area contributed by atoms with Crippen LogP contribution in [0.4, 0.5) is 10.5 Å². The van der Waals surface area contributed by atoms with Crippen molar-refractivity contribution in [2.24, 2.45) is 11.7 Å². The molecule has 0 spiro atoms. The molecular formula is C39H45N5O5. The topological polar surface area (TPSA) is 155 Å². The second kappa shape index (κ2) is 15.5. The molecule has 10 nitrogen and oxygen atoms in total. The van der Waals surface area contributed by atoms with E-state index in [1.54, 1.807) is 12.1 Å². The molecule has 0 unspecified atom stereocenters. The number of nitrogens with one attached hydrogen (secondary N) is 4. The molecular weight excluding hydrogens is 618 g/mol. The minimum absolute atomic E-state index is 0.0810. The highest BCUT2D eigenvalue weighted by molar-refractivity contribution is 5.99. The van der Waals surface area contributed by atoms with Gasteiger partial charge in [0.1, 0.15) is 18.7 Å². The highest BCUT2D eigenvalue weighted by atomic mass is 16.5. The van der Waals surface area contributed by atoms with E-state index in [1.807, 2.05) is 37.3 Å². The molecule has 1 saturated carbocycles. The van der Waals surface area contributed by atoms with Crippen LogP contribution in [0.3, 0.4) is 0 Å². The van der Waals surface area contributed by atoms with Gasteiger partial charge in [-0.15, -0.1) is 0 Å². The normalized spacial score (nSPS) is 15.6. The molecule has 0 radical (unpaired) electrons. The summed E-state index contributed by atoms with van der Waals surface area (Å²) in [4.78, 5) is 55.9. The summed E-state index contributed by atoms with van der Waals surface area (Å²) in [7, 11) is 0. The van der Waals surface area contributed by atoms with Crippen molar-refractivity contribution in [3.05, 3.63) is 99.8 Å². The molecule has 6 N–H and O–H groups in total. The Labute approximate surface area is 286 Å². The number of aromatic amines is 1. The third-order valence-corrected chi connectivity index (χ3v) is 9.92. The van der Waals surface area contributed by atoms with Crippen molar-refractivity contribution < 1.29 is 19.1 Å². The first-order valence-electron chi connectivity index (χ1n) is 17.4. The van der Waals surface area contributed by atoms with Crippen LogP contribution < -0.4 is 27.2 Å². The average Bonchev–Trinajstić information content (AvgIpc) is 3.42. The van der Waals surface area contributed by atoms with Gasteiger partial charge in [-0.3, -0.25) is 14.4 Å². The van der Waals surface area contributed by atoms with E-state index >= 15 is 0 Å². The predicted molar refractivity (Wildman–Crippen MR) is 191 cm³/mol. The second-order valence-electron chi connectivity index (χ2n) is 13.3. The lowest BCUT2D eigenvalue weighted by Crippen LogP contribution is -2.55. The lowest BCUT2D eigenvalue weighted by Gasteiger charge is -2.31. The smallest absolute Gasteiger partial charge is 0.407 e. The maximum absolute atomic E-state index is 14.0. The summed E-state index contributed by atoms with van der Waals surface area (Å²) in [6, 6.07) is 21.4. The zero-order valence-electron chi connectivity index (χ0n) is 27.9. The molecule has 49 heavy (non-hydrogen) atoms. The van der Waals surface area contributed by atoms with Crippen LogP contribution >= 0.6 is 0 Å². The summed E-state index contributed by atoms with van der Waals surface area (Å²) in [5, 5.41) is 9.64. The van der Waals surface area contributed by atoms with Gasteiger partial charge in [-0.1, -0.05) is 73.9 Å². The number of ether oxygens (including phenoxy) is 1. The number of carbonyl (C=O) groups excluding carboxylic acids is 3. The highest BCUT2D eigenvalue weighted by Gasteiger charge is 2.35. The van der Waals surface area contributed by atoms with Gasteiger partial charge in [0.15, 0.2) is 0 Å². The Kier molecular flexibility index (Phi) is 10.7. The van der Waals surface area contributed by atoms with E-state index in [0.717, 1.165) is 65.3 Å². The fourth-order valence-electron chi connectivity index (χ4n) is 7.40. The first kappa shape index (κ1) is 33.9. The number of rotatable bonds is 12. The van der Waals surface area contributed by atoms with E-state index in [4.69, 9.17) is 10.5 Å². The summed E-state index contributed by atoms with van der Waals surface area (Å²) in [5.41, 5.74) is 11.9. The van der Waals surface area contributed by atoms with E-state index in [9.17, 15) is 19.2 Å². The lowest BCUT2D eigenvalue weighted by atomic mass is 9.83. The van der Waals surface area contributed by atoms with Crippen LogP contribution in [-0.4, -0.2) is 48.1 Å². The summed E-state index contributed by atoms with van der Waals surface area (Å²) in [6.45, 7) is 2.46. The number of fused-ring (bicyclic) bond motifs is 4. The van der Waals surface area contributed by atoms with E-state index in [-0.39, 0.29) is 29.9 Å². The zero-order chi connectivity index (χ0) is 34.3. The van der Waals surface area contributed by atoms with E-state index in [1.165, 1.54) is 6.07 Å². The van der Waals surface area contributed by atoms with Crippen molar-refractivity contribution >= 4 is 34.5 Å². The van der Waals surface area contributed by atoms with Crippen LogP contribution in [0, 0.1) is 12.8 Å². The van der Waals surface area contributed by atoms with Crippen molar-refractivity contribution in [3.8, 4) is 11.1 Å². The van der Waals surface area contributed by atoms with Crippen molar-refractivity contribution in [1.29, 1.82) is 0 Å². The fraction of sp³-hybridized carbons (Fsp3) is 0.385. The Morgan fingerprint density at radius 2 is 1.57 bits per heavy atom. The third-order valence-electron chi connectivity index (χ3n) is 9.92. The second-order valence-corrected chi connectivity index (χ2v) is 13.3. The summed E-state index contributed by atoms with van der Waals surface area (Å²) in [5.74, 6) is -0.981. The Morgan fingerprint density at radius 1 is 0.878 bits per heavy atom. The number of amides is 3. The molecule has 2 atom stereocenters. The molecule has 3 aromatic carbocycles. The number of carbonyl (C=O) groups is 3. The minimum Gasteiger partial charge on any atom is -0.449 e. The van der Waals surface area contributed by atoms with Gasteiger partial charge in [-0.25, -0.2) is 4.79 Å². The Morgan fingerprint density at radius 3 is 2.27 bits per heavy atom. The molecule has 2 aliphatic rings. The van der Waals surface area contributed by atoms with Crippen LogP contribution in [0.5, 0.6) is 0 Å². The molecule has 256 valence electrons. The van der Waals surface area contributed by atoms with Gasteiger partial charge in [-0.2, -0.15) is 0 Å². The van der Waals surface area contributed by atoms with Gasteiger partial charge in [-0.05, 0) is 91.4 Å². The van der Waals surface area contributed by atoms with Gasteiger partial charge in [0, 0.05) is 23.1 Å². The number of anilines is 1. The van der Waals surface area contributed by atoms with Crippen molar-refractivity contribution in [1.82, 2.24) is 15.6 Å². The molecule has 1 heterocycles. The van der Waals surface area contributed by atoms with Gasteiger partial charge in [0.2, 0.25) is 17.4 Å². The Balaban J connectivity index is 1.15. The Hall–Kier alpha value is -4.96. The first-order valence-corrected chi connectivity index (χ1v) is 17.4. The van der Waals surface area contributed by atoms with Crippen LogP contribution in [0.15, 0.2) is 77.6 Å². The first-order chi connectivity index (χ1) is 23.8. The van der Waals surface area contributed by atoms with Crippen LogP contribution in [-0.2, 0) is 14.3 Å². The van der Waals surface area contributed by atoms with Gasteiger partial charge >= 0.3 is 6.09 Å². The quantitative estimate of drug-likeness (QED) is 0.119. The standard InChI is InChI=1S/C39H45N5O5/c1-24-21-35(45)42-34-22-26(18-19-27(24)34)41-37(46)33(17-9-10-20-40)43-38(47)36(25-11-3-2-4-12-25)44-39(48)49-23-32-30-15-7-5-13-28(30)29-14-6-8-16-31(29)32/h5-8,13-16,18-19,21-22,25,32-33,36H,2-4,9-12,17,20,23,40H2,1H3,(H,41,46)(H,42,45)(H,43,47)(H,44,48)/t33-,36-/m0/s1. The minimum atomic E-state index is -0.860. The molecule has 3 amide bonds. The fourth-order valence-corrected chi connectivity index (χ4v) is 7.40. The molecule has 0 aliphatic heterocycles. The zero-order valence-corrected chi connectivity index (χ0v) is 27.9. The van der Waals surface area contributed by atoms with Gasteiger partial charge in [0.05, 0.1) is 5.52 Å². The van der Waals surface area contributed by atoms with E-state index in [0.29, 0.717) is 37.0 Å². The van der Waals surface area contributed by atoms with Crippen molar-refractivity contribution in [2.45, 2.75) is 76.3 Å². The van der Waals surface area contributed by atoms with Crippen molar-refractivity contribution in [3.63, 3.8) is 0 Å². The molecule has 10 heteroatoms. The highest BCUT2D eigenvalue weighted by Crippen LogP contribution is 2.44. The maximum Gasteiger partial charge on any atom is 0.407 e. The number of aromatic nitrogens is 1. The third kappa shape index (κ3) is 7.86.